The van der Waals surface area contributed by atoms with Crippen molar-refractivity contribution in [2.75, 3.05) is 11.1 Å². The van der Waals surface area contributed by atoms with Gasteiger partial charge in [-0.25, -0.2) is 8.42 Å². The molecule has 3 rings (SSSR count). The number of rotatable bonds is 3. The fourth-order valence-corrected chi connectivity index (χ4v) is 4.41. The molecule has 2 N–H and O–H groups in total. The van der Waals surface area contributed by atoms with E-state index in [0.29, 0.717) is 17.9 Å². The van der Waals surface area contributed by atoms with Gasteiger partial charge in [-0.2, -0.15) is 0 Å². The highest BCUT2D eigenvalue weighted by Crippen LogP contribution is 2.29. The minimum Gasteiger partial charge on any atom is -0.379 e. The smallest absolute Gasteiger partial charge is 0.180 e. The van der Waals surface area contributed by atoms with Crippen molar-refractivity contribution in [2.24, 2.45) is 0 Å². The van der Waals surface area contributed by atoms with Gasteiger partial charge in [-0.15, -0.1) is 0 Å². The summed E-state index contributed by atoms with van der Waals surface area (Å²) < 4.78 is 23.6. The van der Waals surface area contributed by atoms with E-state index >= 15 is 0 Å². The Kier molecular flexibility index (Phi) is 3.50. The molecule has 1 aromatic heterocycles. The van der Waals surface area contributed by atoms with Crippen LogP contribution < -0.4 is 5.32 Å². The number of aromatic amines is 1. The third-order valence-corrected chi connectivity index (χ3v) is 6.27. The number of anilines is 1. The van der Waals surface area contributed by atoms with Crippen LogP contribution in [-0.4, -0.2) is 19.2 Å². The van der Waals surface area contributed by atoms with E-state index in [9.17, 15) is 8.42 Å². The van der Waals surface area contributed by atoms with E-state index in [1.807, 2.05) is 26.0 Å². The van der Waals surface area contributed by atoms with Gasteiger partial charge in [-0.3, -0.25) is 0 Å². The highest BCUT2D eigenvalue weighted by atomic mass is 35.5. The van der Waals surface area contributed by atoms with Gasteiger partial charge in [0.05, 0.1) is 17.2 Å². The molecule has 1 aliphatic heterocycles. The first-order chi connectivity index (χ1) is 9.88. The number of sulfone groups is 1. The molecule has 0 saturated heterocycles. The summed E-state index contributed by atoms with van der Waals surface area (Å²) in [5, 5.41) is 4.11. The third kappa shape index (κ3) is 2.56. The fourth-order valence-electron chi connectivity index (χ4n) is 2.77. The topological polar surface area (TPSA) is 62.0 Å². The maximum absolute atomic E-state index is 11.8. The maximum atomic E-state index is 11.8. The Balaban J connectivity index is 1.81. The van der Waals surface area contributed by atoms with E-state index in [2.05, 4.69) is 10.3 Å². The SMILES string of the molecule is Cc1cc(NCc2[nH]cc3c2CCS3(=O)=O)cc(C)c1Cl. The molecule has 112 valence electrons. The summed E-state index contributed by atoms with van der Waals surface area (Å²) in [4.78, 5) is 3.54. The number of benzene rings is 1. The number of aryl methyl sites for hydroxylation is 2. The van der Waals surface area contributed by atoms with Crippen LogP contribution >= 0.6 is 11.6 Å². The Hall–Kier alpha value is -1.46. The number of aromatic nitrogens is 1. The zero-order chi connectivity index (χ0) is 15.2. The minimum absolute atomic E-state index is 0.221. The van der Waals surface area contributed by atoms with Crippen molar-refractivity contribution in [3.63, 3.8) is 0 Å². The van der Waals surface area contributed by atoms with Gasteiger partial charge in [0.2, 0.25) is 0 Å². The highest BCUT2D eigenvalue weighted by molar-refractivity contribution is 7.91. The predicted octanol–water partition coefficient (Wildman–Crippen LogP) is 3.23. The van der Waals surface area contributed by atoms with Gasteiger partial charge in [0.1, 0.15) is 0 Å². The van der Waals surface area contributed by atoms with Crippen molar-refractivity contribution in [1.82, 2.24) is 4.98 Å². The van der Waals surface area contributed by atoms with Crippen LogP contribution in [0.3, 0.4) is 0 Å². The zero-order valence-corrected chi connectivity index (χ0v) is 13.5. The first kappa shape index (κ1) is 14.5. The molecule has 6 heteroatoms. The van der Waals surface area contributed by atoms with Gasteiger partial charge in [-0.05, 0) is 49.1 Å². The van der Waals surface area contributed by atoms with E-state index in [0.717, 1.165) is 33.1 Å². The number of hydrogen-bond acceptors (Lipinski definition) is 3. The molecule has 0 aliphatic carbocycles. The zero-order valence-electron chi connectivity index (χ0n) is 12.0. The van der Waals surface area contributed by atoms with Crippen LogP contribution in [0.1, 0.15) is 22.4 Å². The molecule has 4 nitrogen and oxygen atoms in total. The molecule has 0 amide bonds. The Morgan fingerprint density at radius 3 is 2.62 bits per heavy atom. The Labute approximate surface area is 129 Å². The molecule has 2 heterocycles. The summed E-state index contributed by atoms with van der Waals surface area (Å²) in [6.07, 6.45) is 2.20. The van der Waals surface area contributed by atoms with Crippen LogP contribution in [0.4, 0.5) is 5.69 Å². The lowest BCUT2D eigenvalue weighted by Gasteiger charge is -2.10. The van der Waals surface area contributed by atoms with E-state index in [-0.39, 0.29) is 5.75 Å². The van der Waals surface area contributed by atoms with Crippen LogP contribution in [0.5, 0.6) is 0 Å². The van der Waals surface area contributed by atoms with E-state index in [4.69, 9.17) is 11.6 Å². The van der Waals surface area contributed by atoms with Gasteiger partial charge in [-0.1, -0.05) is 11.6 Å². The maximum Gasteiger partial charge on any atom is 0.180 e. The summed E-state index contributed by atoms with van der Waals surface area (Å²) in [7, 11) is -3.06. The Bertz CT molecular complexity index is 786. The second-order valence-corrected chi connectivity index (χ2v) is 7.91. The van der Waals surface area contributed by atoms with Crippen molar-refractivity contribution >= 4 is 27.1 Å². The van der Waals surface area contributed by atoms with Crippen LogP contribution in [0.25, 0.3) is 0 Å². The third-order valence-electron chi connectivity index (χ3n) is 3.90. The van der Waals surface area contributed by atoms with E-state index in [1.54, 1.807) is 6.20 Å². The van der Waals surface area contributed by atoms with Crippen LogP contribution in [0.2, 0.25) is 5.02 Å². The molecule has 0 atom stereocenters. The standard InChI is InChI=1S/C15H17ClN2O2S/c1-9-5-11(6-10(2)15(9)16)17-7-13-12-3-4-21(19,20)14(12)8-18-13/h5-6,8,17-18H,3-4,7H2,1-2H3. The van der Waals surface area contributed by atoms with Gasteiger partial charge in [0.15, 0.2) is 9.84 Å². The van der Waals surface area contributed by atoms with Crippen molar-refractivity contribution in [2.45, 2.75) is 31.7 Å². The van der Waals surface area contributed by atoms with E-state index in [1.165, 1.54) is 0 Å². The molecule has 0 saturated carbocycles. The summed E-state index contributed by atoms with van der Waals surface area (Å²) in [5.74, 6) is 0.221. The van der Waals surface area contributed by atoms with Gasteiger partial charge in [0.25, 0.3) is 0 Å². The lowest BCUT2D eigenvalue weighted by Crippen LogP contribution is -2.03. The van der Waals surface area contributed by atoms with Gasteiger partial charge in [0, 0.05) is 22.6 Å². The van der Waals surface area contributed by atoms with Crippen molar-refractivity contribution in [1.29, 1.82) is 0 Å². The molecule has 21 heavy (non-hydrogen) atoms. The molecular weight excluding hydrogens is 308 g/mol. The summed E-state index contributed by atoms with van der Waals surface area (Å²) in [5.41, 5.74) is 4.90. The molecule has 1 aliphatic rings. The summed E-state index contributed by atoms with van der Waals surface area (Å²) >= 11 is 6.16. The molecule has 2 aromatic rings. The quantitative estimate of drug-likeness (QED) is 0.911. The normalized spacial score (nSPS) is 16.0. The summed E-state index contributed by atoms with van der Waals surface area (Å²) in [6.45, 7) is 4.52. The highest BCUT2D eigenvalue weighted by Gasteiger charge is 2.29. The number of fused-ring (bicyclic) bond motifs is 1. The monoisotopic (exact) mass is 324 g/mol. The average Bonchev–Trinajstić information content (AvgIpc) is 2.95. The van der Waals surface area contributed by atoms with Crippen molar-refractivity contribution in [3.05, 3.63) is 45.7 Å². The Morgan fingerprint density at radius 2 is 1.95 bits per heavy atom. The van der Waals surface area contributed by atoms with E-state index < -0.39 is 9.84 Å². The average molecular weight is 325 g/mol. The first-order valence-corrected chi connectivity index (χ1v) is 8.84. The number of nitrogens with one attached hydrogen (secondary N) is 2. The van der Waals surface area contributed by atoms with Crippen LogP contribution in [-0.2, 0) is 22.8 Å². The second kappa shape index (κ2) is 5.07. The lowest BCUT2D eigenvalue weighted by molar-refractivity contribution is 0.600. The van der Waals surface area contributed by atoms with Gasteiger partial charge < -0.3 is 10.3 Å². The van der Waals surface area contributed by atoms with Crippen molar-refractivity contribution in [3.8, 4) is 0 Å². The molecule has 0 radical (unpaired) electrons. The molecule has 0 fully saturated rings. The molecule has 1 aromatic carbocycles. The largest absolute Gasteiger partial charge is 0.379 e. The van der Waals surface area contributed by atoms with Crippen LogP contribution in [0, 0.1) is 13.8 Å². The Morgan fingerprint density at radius 1 is 1.29 bits per heavy atom. The molecule has 0 spiro atoms. The lowest BCUT2D eigenvalue weighted by atomic mass is 10.1. The van der Waals surface area contributed by atoms with Crippen molar-refractivity contribution < 1.29 is 8.42 Å². The minimum atomic E-state index is -3.06. The molecule has 0 bridgehead atoms. The van der Waals surface area contributed by atoms with Crippen LogP contribution in [0.15, 0.2) is 23.2 Å². The number of halogens is 1. The summed E-state index contributed by atoms with van der Waals surface area (Å²) in [6, 6.07) is 3.99. The first-order valence-electron chi connectivity index (χ1n) is 6.81. The van der Waals surface area contributed by atoms with Gasteiger partial charge >= 0.3 is 0 Å². The molecular formula is C15H17ClN2O2S. The molecule has 0 unspecified atom stereocenters. The second-order valence-electron chi connectivity index (χ2n) is 5.46. The number of H-pyrrole nitrogens is 1. The fraction of sp³-hybridized carbons (Fsp3) is 0.333. The predicted molar refractivity (Wildman–Crippen MR) is 84.8 cm³/mol. The number of hydrogen-bond donors (Lipinski definition) is 2.